The Morgan fingerprint density at radius 1 is 0.694 bits per heavy atom. The van der Waals surface area contributed by atoms with Crippen LogP contribution in [0.3, 0.4) is 0 Å². The molecule has 2 aliphatic rings. The summed E-state index contributed by atoms with van der Waals surface area (Å²) in [6, 6.07) is 30.2. The molecule has 186 valence electrons. The fourth-order valence-electron chi connectivity index (χ4n) is 5.92. The largest absolute Gasteiger partial charge is 0.310 e. The van der Waals surface area contributed by atoms with Gasteiger partial charge in [0.15, 0.2) is 0 Å². The van der Waals surface area contributed by atoms with Gasteiger partial charge in [-0.05, 0) is 92.6 Å². The Morgan fingerprint density at radius 2 is 1.28 bits per heavy atom. The molecule has 0 aromatic heterocycles. The van der Waals surface area contributed by atoms with Crippen LogP contribution in [-0.4, -0.2) is 12.1 Å². The molecule has 0 atom stereocenters. The van der Waals surface area contributed by atoms with Crippen LogP contribution >= 0.6 is 0 Å². The van der Waals surface area contributed by atoms with Crippen molar-refractivity contribution in [3.63, 3.8) is 0 Å². The third kappa shape index (κ3) is 5.63. The Morgan fingerprint density at radius 3 is 1.86 bits per heavy atom. The molecule has 3 aromatic rings. The maximum Gasteiger partial charge on any atom is 0.0966 e. The van der Waals surface area contributed by atoms with Gasteiger partial charge in [-0.3, -0.25) is 0 Å². The molecule has 5 rings (SSSR count). The van der Waals surface area contributed by atoms with E-state index in [1.54, 1.807) is 0 Å². The Bertz CT molecular complexity index is 1160. The van der Waals surface area contributed by atoms with Crippen LogP contribution in [0.25, 0.3) is 0 Å². The minimum atomic E-state index is -0.188. The predicted octanol–water partition coefficient (Wildman–Crippen LogP) is 9.44. The number of anilines is 3. The van der Waals surface area contributed by atoms with Gasteiger partial charge in [0, 0.05) is 17.1 Å². The first kappa shape index (κ1) is 24.5. The number of nitrogens with zero attached hydrogens (tertiary/aromatic N) is 3. The van der Waals surface area contributed by atoms with E-state index in [4.69, 9.17) is 9.98 Å². The second-order valence-corrected chi connectivity index (χ2v) is 10.8. The zero-order valence-corrected chi connectivity index (χ0v) is 21.9. The molecule has 0 heterocycles. The number of rotatable bonds is 6. The predicted molar refractivity (Wildman–Crippen MR) is 152 cm³/mol. The van der Waals surface area contributed by atoms with Crippen LogP contribution < -0.4 is 4.90 Å². The highest BCUT2D eigenvalue weighted by Crippen LogP contribution is 2.42. The van der Waals surface area contributed by atoms with Gasteiger partial charge in [-0.15, -0.1) is 0 Å². The van der Waals surface area contributed by atoms with Crippen molar-refractivity contribution in [2.24, 2.45) is 9.98 Å². The van der Waals surface area contributed by atoms with Crippen LogP contribution in [0.4, 0.5) is 17.1 Å². The first-order valence-electron chi connectivity index (χ1n) is 13.8. The van der Waals surface area contributed by atoms with Crippen molar-refractivity contribution < 1.29 is 0 Å². The fourth-order valence-corrected chi connectivity index (χ4v) is 5.92. The summed E-state index contributed by atoms with van der Waals surface area (Å²) < 4.78 is 0. The van der Waals surface area contributed by atoms with Crippen LogP contribution in [0, 0.1) is 13.8 Å². The van der Waals surface area contributed by atoms with Gasteiger partial charge >= 0.3 is 0 Å². The summed E-state index contributed by atoms with van der Waals surface area (Å²) in [6.45, 7) is 4.31. The first-order chi connectivity index (χ1) is 17.6. The van der Waals surface area contributed by atoms with Crippen molar-refractivity contribution in [3.05, 3.63) is 89.5 Å². The highest BCUT2D eigenvalue weighted by Gasteiger charge is 2.33. The zero-order chi connectivity index (χ0) is 24.8. The van der Waals surface area contributed by atoms with Crippen molar-refractivity contribution >= 4 is 23.1 Å². The van der Waals surface area contributed by atoms with E-state index in [1.807, 2.05) is 0 Å². The van der Waals surface area contributed by atoms with Crippen molar-refractivity contribution in [1.29, 1.82) is 0 Å². The number of hydrogen-bond acceptors (Lipinski definition) is 3. The molecule has 3 nitrogen and oxygen atoms in total. The normalized spacial score (nSPS) is 17.7. The summed E-state index contributed by atoms with van der Waals surface area (Å²) in [7, 11) is 0. The van der Waals surface area contributed by atoms with Crippen LogP contribution in [-0.2, 0) is 5.54 Å². The molecule has 3 aromatic carbocycles. The molecular weight excluding hydrogens is 438 g/mol. The van der Waals surface area contributed by atoms with Crippen LogP contribution in [0.15, 0.2) is 82.8 Å². The second-order valence-electron chi connectivity index (χ2n) is 10.8. The fraction of sp³-hybridized carbons (Fsp3) is 0.424. The van der Waals surface area contributed by atoms with Crippen molar-refractivity contribution in [1.82, 2.24) is 0 Å². The van der Waals surface area contributed by atoms with E-state index in [-0.39, 0.29) is 5.54 Å². The molecule has 2 aliphatic carbocycles. The van der Waals surface area contributed by atoms with E-state index in [1.165, 1.54) is 85.1 Å². The van der Waals surface area contributed by atoms with Gasteiger partial charge in [0.05, 0.1) is 17.6 Å². The maximum atomic E-state index is 5.06. The lowest BCUT2D eigenvalue weighted by Gasteiger charge is -2.33. The van der Waals surface area contributed by atoms with Crippen molar-refractivity contribution in [3.8, 4) is 0 Å². The van der Waals surface area contributed by atoms with Gasteiger partial charge in [-0.2, -0.15) is 0 Å². The molecule has 2 fully saturated rings. The average Bonchev–Trinajstić information content (AvgIpc) is 2.91. The highest BCUT2D eigenvalue weighted by molar-refractivity contribution is 5.77. The summed E-state index contributed by atoms with van der Waals surface area (Å²) in [4.78, 5) is 12.2. The minimum Gasteiger partial charge on any atom is -0.310 e. The maximum absolute atomic E-state index is 5.06. The Balaban J connectivity index is 1.48. The third-order valence-electron chi connectivity index (χ3n) is 7.94. The molecule has 0 aliphatic heterocycles. The molecule has 0 unspecified atom stereocenters. The van der Waals surface area contributed by atoms with E-state index in [0.29, 0.717) is 6.04 Å². The van der Waals surface area contributed by atoms with E-state index >= 15 is 0 Å². The van der Waals surface area contributed by atoms with E-state index in [2.05, 4.69) is 97.6 Å². The Kier molecular flexibility index (Phi) is 7.68. The van der Waals surface area contributed by atoms with E-state index in [0.717, 1.165) is 12.8 Å². The van der Waals surface area contributed by atoms with Crippen LogP contribution in [0.1, 0.15) is 80.9 Å². The molecule has 0 saturated heterocycles. The van der Waals surface area contributed by atoms with Gasteiger partial charge in [-0.25, -0.2) is 9.98 Å². The molecular formula is C33H39N3. The van der Waals surface area contributed by atoms with E-state index < -0.39 is 0 Å². The quantitative estimate of drug-likeness (QED) is 0.325. The van der Waals surface area contributed by atoms with Crippen molar-refractivity contribution in [2.75, 3.05) is 4.90 Å². The van der Waals surface area contributed by atoms with Gasteiger partial charge in [0.2, 0.25) is 0 Å². The molecule has 3 heteroatoms. The van der Waals surface area contributed by atoms with Gasteiger partial charge in [-0.1, -0.05) is 74.9 Å². The minimum absolute atomic E-state index is 0.188. The summed E-state index contributed by atoms with van der Waals surface area (Å²) in [5, 5.41) is 0. The monoisotopic (exact) mass is 477 g/mol. The lowest BCUT2D eigenvalue weighted by atomic mass is 9.77. The zero-order valence-electron chi connectivity index (χ0n) is 21.9. The van der Waals surface area contributed by atoms with Crippen LogP contribution in [0.5, 0.6) is 0 Å². The lowest BCUT2D eigenvalue weighted by molar-refractivity contribution is 0.306. The summed E-state index contributed by atoms with van der Waals surface area (Å²) in [5.41, 5.74) is 7.15. The molecule has 0 bridgehead atoms. The number of benzene rings is 3. The topological polar surface area (TPSA) is 28.0 Å². The van der Waals surface area contributed by atoms with Gasteiger partial charge < -0.3 is 4.90 Å². The lowest BCUT2D eigenvalue weighted by Crippen LogP contribution is -2.26. The molecule has 36 heavy (non-hydrogen) atoms. The van der Waals surface area contributed by atoms with Crippen LogP contribution in [0.2, 0.25) is 0 Å². The molecule has 0 spiro atoms. The summed E-state index contributed by atoms with van der Waals surface area (Å²) in [5.74, 6) is 0. The average molecular weight is 478 g/mol. The first-order valence-corrected chi connectivity index (χ1v) is 13.8. The molecule has 0 amide bonds. The summed E-state index contributed by atoms with van der Waals surface area (Å²) in [6.07, 6.45) is 12.2. The number of hydrogen-bond donors (Lipinski definition) is 0. The van der Waals surface area contributed by atoms with Gasteiger partial charge in [0.25, 0.3) is 0 Å². The summed E-state index contributed by atoms with van der Waals surface area (Å²) >= 11 is 0. The Labute approximate surface area is 217 Å². The third-order valence-corrected chi connectivity index (χ3v) is 7.94. The molecule has 2 saturated carbocycles. The SMILES string of the molecule is Cc1cccc(N(c2ccc(C3(N=C=NC4CCCCC4)CCCCC3)cc2)c2cccc(C)c2)c1. The smallest absolute Gasteiger partial charge is 0.0966 e. The number of aliphatic imine (C=N–C) groups is 2. The highest BCUT2D eigenvalue weighted by atomic mass is 15.1. The van der Waals surface area contributed by atoms with E-state index in [9.17, 15) is 0 Å². The molecule has 0 N–H and O–H groups in total. The second kappa shape index (κ2) is 11.3. The van der Waals surface area contributed by atoms with Crippen molar-refractivity contribution in [2.45, 2.75) is 89.6 Å². The van der Waals surface area contributed by atoms with Gasteiger partial charge in [0.1, 0.15) is 0 Å². The molecule has 0 radical (unpaired) electrons. The Hall–Kier alpha value is -3.16. The number of aryl methyl sites for hydroxylation is 2. The standard InChI is InChI=1S/C33H39N3/c1-26-11-9-15-31(23-26)36(32-16-10-12-27(2)24-32)30-19-17-28(18-20-30)33(21-7-4-8-22-33)35-25-34-29-13-5-3-6-14-29/h9-12,15-20,23-24,29H,3-8,13-14,21-22H2,1-2H3.